The average Bonchev–Trinajstić information content (AvgIpc) is 2.98. The van der Waals surface area contributed by atoms with Crippen molar-refractivity contribution in [3.8, 4) is 0 Å². The molecule has 3 rings (SSSR count). The molecule has 0 aromatic heterocycles. The average molecular weight is 445 g/mol. The minimum atomic E-state index is -1.08. The summed E-state index contributed by atoms with van der Waals surface area (Å²) in [6.07, 6.45) is 2.86. The predicted octanol–water partition coefficient (Wildman–Crippen LogP) is 2.51. The van der Waals surface area contributed by atoms with Crippen LogP contribution in [0.3, 0.4) is 0 Å². The molecular formula is C23H32N4O5. The van der Waals surface area contributed by atoms with Crippen LogP contribution in [0.25, 0.3) is 0 Å². The number of benzene rings is 1. The van der Waals surface area contributed by atoms with Crippen molar-refractivity contribution in [2.45, 2.75) is 57.6 Å². The number of rotatable bonds is 7. The van der Waals surface area contributed by atoms with Crippen molar-refractivity contribution in [3.05, 3.63) is 24.3 Å². The summed E-state index contributed by atoms with van der Waals surface area (Å²) in [7, 11) is 3.83. The molecule has 2 aliphatic rings. The van der Waals surface area contributed by atoms with E-state index in [4.69, 9.17) is 4.74 Å². The van der Waals surface area contributed by atoms with Crippen molar-refractivity contribution in [1.82, 2.24) is 10.2 Å². The van der Waals surface area contributed by atoms with Gasteiger partial charge in [-0.15, -0.1) is 0 Å². The van der Waals surface area contributed by atoms with Crippen LogP contribution < -0.4 is 15.5 Å². The third-order valence-electron chi connectivity index (χ3n) is 6.40. The topological polar surface area (TPSA) is 108 Å². The molecule has 0 unspecified atom stereocenters. The van der Waals surface area contributed by atoms with Gasteiger partial charge < -0.3 is 20.3 Å². The lowest BCUT2D eigenvalue weighted by molar-refractivity contribution is -0.155. The summed E-state index contributed by atoms with van der Waals surface area (Å²) in [5.74, 6) is -1.13. The molecule has 1 saturated carbocycles. The van der Waals surface area contributed by atoms with Crippen molar-refractivity contribution in [1.29, 1.82) is 0 Å². The summed E-state index contributed by atoms with van der Waals surface area (Å²) in [6, 6.07) is 6.63. The number of imide groups is 1. The summed E-state index contributed by atoms with van der Waals surface area (Å²) < 4.78 is 5.18. The van der Waals surface area contributed by atoms with Gasteiger partial charge in [-0.2, -0.15) is 0 Å². The summed E-state index contributed by atoms with van der Waals surface area (Å²) in [5.41, 5.74) is 0.643. The number of nitrogens with one attached hydrogen (secondary N) is 2. The van der Waals surface area contributed by atoms with Crippen LogP contribution in [0.1, 0.15) is 46.0 Å². The molecule has 1 aliphatic carbocycles. The molecule has 0 bridgehead atoms. The second-order valence-corrected chi connectivity index (χ2v) is 8.82. The minimum Gasteiger partial charge on any atom is -0.451 e. The molecule has 1 aromatic carbocycles. The number of hydrogen-bond donors (Lipinski definition) is 2. The Morgan fingerprint density at radius 2 is 1.84 bits per heavy atom. The number of amides is 4. The van der Waals surface area contributed by atoms with Crippen LogP contribution in [-0.4, -0.2) is 61.0 Å². The van der Waals surface area contributed by atoms with Gasteiger partial charge >= 0.3 is 12.0 Å². The normalized spacial score (nSPS) is 23.6. The smallest absolute Gasteiger partial charge is 0.327 e. The Balaban J connectivity index is 1.52. The van der Waals surface area contributed by atoms with E-state index in [0.29, 0.717) is 24.4 Å². The van der Waals surface area contributed by atoms with Gasteiger partial charge in [-0.05, 0) is 62.8 Å². The largest absolute Gasteiger partial charge is 0.451 e. The van der Waals surface area contributed by atoms with Gasteiger partial charge in [-0.3, -0.25) is 19.3 Å². The van der Waals surface area contributed by atoms with Gasteiger partial charge in [-0.25, -0.2) is 4.79 Å². The highest BCUT2D eigenvalue weighted by molar-refractivity contribution is 6.08. The molecule has 2 fully saturated rings. The Kier molecular flexibility index (Phi) is 7.06. The number of ether oxygens (including phenoxy) is 1. The molecule has 1 atom stereocenters. The fraction of sp³-hybridized carbons (Fsp3) is 0.565. The molecule has 9 nitrogen and oxygen atoms in total. The van der Waals surface area contributed by atoms with Crippen LogP contribution >= 0.6 is 0 Å². The number of carbonyl (C=O) groups is 4. The van der Waals surface area contributed by atoms with E-state index in [1.807, 2.05) is 31.1 Å². The quantitative estimate of drug-likeness (QED) is 0.494. The standard InChI is InChI=1S/C23H32N4O5/c1-5-16-10-12-23(13-11-16)21(30)27(22(31)25-23)14-19(28)32-15(2)20(29)24-17-6-8-18(9-7-17)26(3)4/h6-9,15-16H,5,10-14H2,1-4H3,(H,24,29)(H,25,31)/t15-,16?,23?/m0/s1. The SMILES string of the molecule is CCC1CCC2(CC1)NC(=O)N(CC(=O)O[C@@H](C)C(=O)Nc1ccc(N(C)C)cc1)C2=O. The zero-order valence-electron chi connectivity index (χ0n) is 19.1. The first-order chi connectivity index (χ1) is 15.1. The van der Waals surface area contributed by atoms with Gasteiger partial charge in [0.2, 0.25) is 0 Å². The Morgan fingerprint density at radius 1 is 1.22 bits per heavy atom. The zero-order valence-corrected chi connectivity index (χ0v) is 19.1. The first kappa shape index (κ1) is 23.6. The Labute approximate surface area is 188 Å². The van der Waals surface area contributed by atoms with E-state index in [1.165, 1.54) is 6.92 Å². The van der Waals surface area contributed by atoms with E-state index in [0.717, 1.165) is 29.8 Å². The minimum absolute atomic E-state index is 0.382. The van der Waals surface area contributed by atoms with E-state index in [2.05, 4.69) is 17.6 Å². The highest BCUT2D eigenvalue weighted by Gasteiger charge is 2.52. The van der Waals surface area contributed by atoms with Crippen LogP contribution in [-0.2, 0) is 19.1 Å². The van der Waals surface area contributed by atoms with E-state index in [1.54, 1.807) is 12.1 Å². The van der Waals surface area contributed by atoms with Crippen molar-refractivity contribution >= 4 is 35.2 Å². The molecule has 1 heterocycles. The molecule has 32 heavy (non-hydrogen) atoms. The Bertz CT molecular complexity index is 875. The molecule has 2 N–H and O–H groups in total. The maximum Gasteiger partial charge on any atom is 0.327 e. The fourth-order valence-electron chi connectivity index (χ4n) is 4.24. The first-order valence-electron chi connectivity index (χ1n) is 11.1. The van der Waals surface area contributed by atoms with Gasteiger partial charge in [0.05, 0.1) is 0 Å². The van der Waals surface area contributed by atoms with Gasteiger partial charge in [-0.1, -0.05) is 13.3 Å². The highest BCUT2D eigenvalue weighted by Crippen LogP contribution is 2.37. The van der Waals surface area contributed by atoms with E-state index >= 15 is 0 Å². The number of nitrogens with zero attached hydrogens (tertiary/aromatic N) is 2. The number of esters is 1. The van der Waals surface area contributed by atoms with E-state index in [-0.39, 0.29) is 5.91 Å². The van der Waals surface area contributed by atoms with E-state index < -0.39 is 36.1 Å². The second-order valence-electron chi connectivity index (χ2n) is 8.82. The molecular weight excluding hydrogens is 412 g/mol. The van der Waals surface area contributed by atoms with Crippen molar-refractivity contribution in [3.63, 3.8) is 0 Å². The highest BCUT2D eigenvalue weighted by atomic mass is 16.5. The maximum atomic E-state index is 12.9. The lowest BCUT2D eigenvalue weighted by atomic mass is 9.75. The molecule has 1 aromatic rings. The third-order valence-corrected chi connectivity index (χ3v) is 6.40. The van der Waals surface area contributed by atoms with Crippen molar-refractivity contribution in [2.24, 2.45) is 5.92 Å². The molecule has 174 valence electrons. The predicted molar refractivity (Wildman–Crippen MR) is 120 cm³/mol. The summed E-state index contributed by atoms with van der Waals surface area (Å²) in [5, 5.41) is 5.47. The molecule has 1 aliphatic heterocycles. The maximum absolute atomic E-state index is 12.9. The molecule has 4 amide bonds. The van der Waals surface area contributed by atoms with Gasteiger partial charge in [0.15, 0.2) is 6.10 Å². The lowest BCUT2D eigenvalue weighted by Gasteiger charge is -2.34. The number of carbonyl (C=O) groups excluding carboxylic acids is 4. The Hall–Kier alpha value is -3.10. The molecule has 9 heteroatoms. The second kappa shape index (κ2) is 9.58. The number of anilines is 2. The van der Waals surface area contributed by atoms with Gasteiger partial charge in [0.1, 0.15) is 12.1 Å². The fourth-order valence-corrected chi connectivity index (χ4v) is 4.24. The van der Waals surface area contributed by atoms with Crippen molar-refractivity contribution < 1.29 is 23.9 Å². The van der Waals surface area contributed by atoms with Crippen LogP contribution in [0.4, 0.5) is 16.2 Å². The molecule has 1 spiro atoms. The third kappa shape index (κ3) is 5.03. The molecule has 1 saturated heterocycles. The number of hydrogen-bond acceptors (Lipinski definition) is 6. The van der Waals surface area contributed by atoms with Gasteiger partial charge in [0.25, 0.3) is 11.8 Å². The number of urea groups is 1. The van der Waals surface area contributed by atoms with Crippen molar-refractivity contribution in [2.75, 3.05) is 30.9 Å². The van der Waals surface area contributed by atoms with Crippen LogP contribution in [0.5, 0.6) is 0 Å². The summed E-state index contributed by atoms with van der Waals surface area (Å²) >= 11 is 0. The monoisotopic (exact) mass is 444 g/mol. The Morgan fingerprint density at radius 3 is 2.41 bits per heavy atom. The summed E-state index contributed by atoms with van der Waals surface area (Å²) in [4.78, 5) is 52.9. The van der Waals surface area contributed by atoms with Gasteiger partial charge in [0, 0.05) is 25.5 Å². The van der Waals surface area contributed by atoms with Crippen LogP contribution in [0.15, 0.2) is 24.3 Å². The summed E-state index contributed by atoms with van der Waals surface area (Å²) in [6.45, 7) is 3.05. The zero-order chi connectivity index (χ0) is 23.5. The van der Waals surface area contributed by atoms with E-state index in [9.17, 15) is 19.2 Å². The molecule has 0 radical (unpaired) electrons. The first-order valence-corrected chi connectivity index (χ1v) is 11.1. The van der Waals surface area contributed by atoms with Crippen LogP contribution in [0.2, 0.25) is 0 Å². The van der Waals surface area contributed by atoms with Crippen LogP contribution in [0, 0.1) is 5.92 Å². The lowest BCUT2D eigenvalue weighted by Crippen LogP contribution is -2.49.